The van der Waals surface area contributed by atoms with E-state index in [0.29, 0.717) is 40.9 Å². The summed E-state index contributed by atoms with van der Waals surface area (Å²) >= 11 is 0. The van der Waals surface area contributed by atoms with Crippen LogP contribution in [0.5, 0.6) is 11.5 Å². The van der Waals surface area contributed by atoms with Gasteiger partial charge in [-0.25, -0.2) is 9.36 Å². The van der Waals surface area contributed by atoms with E-state index in [0.717, 1.165) is 22.3 Å². The number of amides is 1. The molecule has 0 spiro atoms. The van der Waals surface area contributed by atoms with E-state index in [1.165, 1.54) is 7.11 Å². The second-order valence-electron chi connectivity index (χ2n) is 8.86. The summed E-state index contributed by atoms with van der Waals surface area (Å²) in [4.78, 5) is 29.9. The molecule has 1 amide bonds. The zero-order valence-electron chi connectivity index (χ0n) is 20.7. The molecular formula is C28H24N5O5+. The number of benzene rings is 3. The van der Waals surface area contributed by atoms with Crippen molar-refractivity contribution in [2.24, 2.45) is 0 Å². The fourth-order valence-electron chi connectivity index (χ4n) is 4.45. The summed E-state index contributed by atoms with van der Waals surface area (Å²) in [6.45, 7) is 2.53. The van der Waals surface area contributed by atoms with Crippen LogP contribution in [0.3, 0.4) is 0 Å². The van der Waals surface area contributed by atoms with E-state index in [2.05, 4.69) is 15.0 Å². The Bertz CT molecular complexity index is 1690. The van der Waals surface area contributed by atoms with Crippen LogP contribution in [0.4, 0.5) is 5.82 Å². The molecule has 0 fully saturated rings. The molecule has 0 bridgehead atoms. The van der Waals surface area contributed by atoms with E-state index in [4.69, 9.17) is 19.2 Å². The number of fused-ring (bicyclic) bond motifs is 2. The van der Waals surface area contributed by atoms with Gasteiger partial charge in [0.25, 0.3) is 5.91 Å². The number of rotatable bonds is 6. The van der Waals surface area contributed by atoms with Gasteiger partial charge in [-0.05, 0) is 55.0 Å². The van der Waals surface area contributed by atoms with E-state index in [-0.39, 0.29) is 18.7 Å². The van der Waals surface area contributed by atoms with Crippen molar-refractivity contribution in [2.45, 2.75) is 13.5 Å². The summed E-state index contributed by atoms with van der Waals surface area (Å²) < 4.78 is 19.4. The molecule has 3 heterocycles. The Morgan fingerprint density at radius 2 is 1.79 bits per heavy atom. The van der Waals surface area contributed by atoms with Crippen molar-refractivity contribution in [1.29, 1.82) is 0 Å². The van der Waals surface area contributed by atoms with E-state index < -0.39 is 0 Å². The lowest BCUT2D eigenvalue weighted by Crippen LogP contribution is -2.40. The van der Waals surface area contributed by atoms with Gasteiger partial charge in [-0.1, -0.05) is 24.3 Å². The van der Waals surface area contributed by atoms with Crippen LogP contribution in [0.15, 0.2) is 72.8 Å². The molecule has 190 valence electrons. The van der Waals surface area contributed by atoms with Gasteiger partial charge in [-0.15, -0.1) is 9.67 Å². The Balaban J connectivity index is 1.36. The zero-order valence-corrected chi connectivity index (χ0v) is 20.7. The van der Waals surface area contributed by atoms with Gasteiger partial charge in [0.05, 0.1) is 24.8 Å². The van der Waals surface area contributed by atoms with Gasteiger partial charge in [0.2, 0.25) is 12.6 Å². The van der Waals surface area contributed by atoms with E-state index in [1.807, 2.05) is 49.4 Å². The molecule has 10 nitrogen and oxygen atoms in total. The third kappa shape index (κ3) is 4.21. The number of H-pyrrole nitrogens is 1. The first-order chi connectivity index (χ1) is 18.5. The minimum atomic E-state index is -0.384. The van der Waals surface area contributed by atoms with Crippen LogP contribution >= 0.6 is 0 Å². The summed E-state index contributed by atoms with van der Waals surface area (Å²) in [6.07, 6.45) is 0. The number of imidazole rings is 1. The molecule has 0 aliphatic carbocycles. The number of aromatic amines is 1. The van der Waals surface area contributed by atoms with E-state index >= 15 is 0 Å². The largest absolute Gasteiger partial charge is 0.465 e. The van der Waals surface area contributed by atoms with Gasteiger partial charge in [0.15, 0.2) is 17.0 Å². The highest BCUT2D eigenvalue weighted by Gasteiger charge is 2.26. The van der Waals surface area contributed by atoms with Gasteiger partial charge >= 0.3 is 11.9 Å². The van der Waals surface area contributed by atoms with E-state index in [9.17, 15) is 9.59 Å². The number of nitrogens with zero attached hydrogens (tertiary/aromatic N) is 3. The zero-order chi connectivity index (χ0) is 26.2. The molecule has 2 aromatic heterocycles. The number of anilines is 1. The normalized spacial score (nSPS) is 12.1. The SMILES string of the molecule is COC(=O)c1ccc(Cn2c(-[n+]3[nH]c(C)cc3NC(=O)c3ccc4c(c3)OCO4)nc3ccccc32)cc1. The molecule has 5 aromatic rings. The summed E-state index contributed by atoms with van der Waals surface area (Å²) in [5.41, 5.74) is 4.46. The third-order valence-electron chi connectivity index (χ3n) is 6.31. The van der Waals surface area contributed by atoms with Crippen LogP contribution in [0, 0.1) is 6.92 Å². The highest BCUT2D eigenvalue weighted by molar-refractivity contribution is 6.04. The highest BCUT2D eigenvalue weighted by Crippen LogP contribution is 2.32. The van der Waals surface area contributed by atoms with Crippen LogP contribution in [0.1, 0.15) is 32.0 Å². The fourth-order valence-corrected chi connectivity index (χ4v) is 4.45. The lowest BCUT2D eigenvalue weighted by Gasteiger charge is -2.08. The molecule has 0 radical (unpaired) electrons. The van der Waals surface area contributed by atoms with Gasteiger partial charge < -0.3 is 14.2 Å². The van der Waals surface area contributed by atoms with Crippen molar-refractivity contribution in [3.05, 3.63) is 95.2 Å². The van der Waals surface area contributed by atoms with Gasteiger partial charge in [-0.3, -0.25) is 15.2 Å². The monoisotopic (exact) mass is 510 g/mol. The van der Waals surface area contributed by atoms with Crippen molar-refractivity contribution in [3.8, 4) is 17.4 Å². The molecule has 10 heteroatoms. The Kier molecular flexibility index (Phi) is 5.76. The Morgan fingerprint density at radius 3 is 2.61 bits per heavy atom. The van der Waals surface area contributed by atoms with Gasteiger partial charge in [-0.2, -0.15) is 0 Å². The molecule has 6 rings (SSSR count). The maximum absolute atomic E-state index is 13.2. The van der Waals surface area contributed by atoms with Gasteiger partial charge in [0.1, 0.15) is 5.52 Å². The molecule has 0 atom stereocenters. The van der Waals surface area contributed by atoms with E-state index in [1.54, 1.807) is 35.0 Å². The van der Waals surface area contributed by atoms with Crippen LogP contribution in [-0.2, 0) is 11.3 Å². The number of methoxy groups -OCH3 is 1. The minimum absolute atomic E-state index is 0.138. The van der Waals surface area contributed by atoms with Crippen LogP contribution in [0.25, 0.3) is 17.0 Å². The number of aryl methyl sites for hydroxylation is 1. The number of nitrogens with one attached hydrogen (secondary N) is 2. The summed E-state index contributed by atoms with van der Waals surface area (Å²) in [5.74, 6) is 1.60. The van der Waals surface area contributed by atoms with Crippen molar-refractivity contribution in [1.82, 2.24) is 14.6 Å². The second-order valence-corrected chi connectivity index (χ2v) is 8.86. The predicted octanol–water partition coefficient (Wildman–Crippen LogP) is 3.77. The van der Waals surface area contributed by atoms with Crippen LogP contribution in [-0.4, -0.2) is 40.4 Å². The summed E-state index contributed by atoms with van der Waals surface area (Å²) in [7, 11) is 1.36. The number of hydrogen-bond donors (Lipinski definition) is 2. The maximum atomic E-state index is 13.2. The first kappa shape index (κ1) is 23.3. The van der Waals surface area contributed by atoms with Crippen molar-refractivity contribution < 1.29 is 28.5 Å². The third-order valence-corrected chi connectivity index (χ3v) is 6.31. The molecule has 2 N–H and O–H groups in total. The fraction of sp³-hybridized carbons (Fsp3) is 0.143. The lowest BCUT2D eigenvalue weighted by atomic mass is 10.1. The first-order valence-electron chi connectivity index (χ1n) is 12.0. The second kappa shape index (κ2) is 9.40. The maximum Gasteiger partial charge on any atom is 0.377 e. The minimum Gasteiger partial charge on any atom is -0.465 e. The predicted molar refractivity (Wildman–Crippen MR) is 138 cm³/mol. The average Bonchev–Trinajstić information content (AvgIpc) is 3.65. The topological polar surface area (TPSA) is 111 Å². The molecule has 1 aliphatic rings. The number of carbonyl (C=O) groups excluding carboxylic acids is 2. The first-order valence-corrected chi connectivity index (χ1v) is 12.0. The standard InChI is InChI=1S/C28H23N5O5/c1-17-13-25(30-26(34)20-11-12-23-24(14-20)38-16-37-23)33(31-17)28-29-21-5-3-4-6-22(21)32(28)15-18-7-9-19(10-8-18)27(35)36-2/h3-14H,15-16H2,1-2H3,(H,30,31,34)/p+1. The molecular weight excluding hydrogens is 486 g/mol. The Hall–Kier alpha value is -5.12. The number of esters is 1. The van der Waals surface area contributed by atoms with Crippen LogP contribution in [0.2, 0.25) is 0 Å². The van der Waals surface area contributed by atoms with Crippen LogP contribution < -0.4 is 19.5 Å². The smallest absolute Gasteiger partial charge is 0.377 e. The van der Waals surface area contributed by atoms with Crippen molar-refractivity contribution >= 4 is 28.7 Å². The number of carbonyl (C=O) groups is 2. The highest BCUT2D eigenvalue weighted by atomic mass is 16.7. The quantitative estimate of drug-likeness (QED) is 0.266. The number of para-hydroxylation sites is 2. The molecule has 0 saturated heterocycles. The number of ether oxygens (including phenoxy) is 3. The Morgan fingerprint density at radius 1 is 1.03 bits per heavy atom. The number of hydrogen-bond acceptors (Lipinski definition) is 6. The molecule has 1 aliphatic heterocycles. The number of aromatic nitrogens is 4. The Labute approximate surface area is 217 Å². The molecule has 38 heavy (non-hydrogen) atoms. The van der Waals surface area contributed by atoms with Gasteiger partial charge in [0, 0.05) is 11.8 Å². The summed E-state index contributed by atoms with van der Waals surface area (Å²) in [6, 6.07) is 22.0. The molecule has 3 aromatic carbocycles. The molecule has 0 saturated carbocycles. The van der Waals surface area contributed by atoms with Crippen molar-refractivity contribution in [2.75, 3.05) is 19.2 Å². The summed E-state index contributed by atoms with van der Waals surface area (Å²) in [5, 5.41) is 6.28. The molecule has 0 unspecified atom stereocenters. The average molecular weight is 511 g/mol. The van der Waals surface area contributed by atoms with Crippen molar-refractivity contribution in [3.63, 3.8) is 0 Å². The lowest BCUT2D eigenvalue weighted by molar-refractivity contribution is -0.650.